The van der Waals surface area contributed by atoms with Gasteiger partial charge < -0.3 is 4.43 Å². The van der Waals surface area contributed by atoms with Crippen molar-refractivity contribution < 1.29 is 4.43 Å². The van der Waals surface area contributed by atoms with Gasteiger partial charge in [0.15, 0.2) is 0 Å². The first-order valence-corrected chi connectivity index (χ1v) is 16.1. The van der Waals surface area contributed by atoms with Crippen molar-refractivity contribution in [1.29, 1.82) is 0 Å². The van der Waals surface area contributed by atoms with Crippen LogP contribution >= 0.6 is 21.8 Å². The van der Waals surface area contributed by atoms with Crippen LogP contribution in [0.15, 0.2) is 30.3 Å². The lowest BCUT2D eigenvalue weighted by Gasteiger charge is -2.26. The smallest absolute Gasteiger partial charge is 0.316 e. The third-order valence-electron chi connectivity index (χ3n) is 4.85. The van der Waals surface area contributed by atoms with Crippen LogP contribution in [0.4, 0.5) is 0 Å². The third-order valence-corrected chi connectivity index (χ3v) is 11.6. The van der Waals surface area contributed by atoms with Crippen LogP contribution in [0.25, 0.3) is 0 Å². The lowest BCUT2D eigenvalue weighted by Crippen LogP contribution is -2.34. The molecule has 0 radical (unpaired) electrons. The second-order valence-corrected chi connectivity index (χ2v) is 16.2. The fourth-order valence-electron chi connectivity index (χ4n) is 3.27. The standard InChI is InChI=1S/C22H39IOSi/c1-3-5-7-9-11-16-20-25(23,21-17-12-10-8-6-4-2)24-22-18-14-13-15-19-22/h13-15,18-19H,3-12,16-17,20-21H2,1-2H3. The highest BCUT2D eigenvalue weighted by Gasteiger charge is 2.32. The summed E-state index contributed by atoms with van der Waals surface area (Å²) in [5.74, 6) is -0.573. The zero-order chi connectivity index (χ0) is 18.2. The van der Waals surface area contributed by atoms with Gasteiger partial charge in [0.05, 0.1) is 0 Å². The SMILES string of the molecule is CCCCCCCC[Si](I)(CCCCCCCC)Oc1ccccc1. The second-order valence-electron chi connectivity index (χ2n) is 7.33. The van der Waals surface area contributed by atoms with E-state index in [1.807, 2.05) is 0 Å². The summed E-state index contributed by atoms with van der Waals surface area (Å²) in [6.45, 7) is 4.58. The van der Waals surface area contributed by atoms with Crippen LogP contribution in [-0.2, 0) is 0 Å². The molecule has 25 heavy (non-hydrogen) atoms. The number of benzene rings is 1. The predicted octanol–water partition coefficient (Wildman–Crippen LogP) is 8.66. The minimum absolute atomic E-state index is 1.08. The zero-order valence-electron chi connectivity index (χ0n) is 16.6. The van der Waals surface area contributed by atoms with Crippen LogP contribution in [0.2, 0.25) is 12.1 Å². The van der Waals surface area contributed by atoms with E-state index in [1.165, 1.54) is 89.1 Å². The average molecular weight is 475 g/mol. The topological polar surface area (TPSA) is 9.23 Å². The molecule has 0 aliphatic heterocycles. The molecule has 0 spiro atoms. The van der Waals surface area contributed by atoms with Gasteiger partial charge in [-0.25, -0.2) is 0 Å². The Morgan fingerprint density at radius 2 is 1.12 bits per heavy atom. The first-order chi connectivity index (χ1) is 12.2. The number of rotatable bonds is 16. The first-order valence-electron chi connectivity index (χ1n) is 10.6. The molecule has 0 atom stereocenters. The zero-order valence-corrected chi connectivity index (χ0v) is 19.7. The lowest BCUT2D eigenvalue weighted by atomic mass is 10.1. The van der Waals surface area contributed by atoms with Crippen LogP contribution in [0.3, 0.4) is 0 Å². The predicted molar refractivity (Wildman–Crippen MR) is 123 cm³/mol. The van der Waals surface area contributed by atoms with E-state index in [0.29, 0.717) is 0 Å². The van der Waals surface area contributed by atoms with Crippen molar-refractivity contribution in [2.75, 3.05) is 0 Å². The highest BCUT2D eigenvalue weighted by molar-refractivity contribution is 14.1. The van der Waals surface area contributed by atoms with Crippen LogP contribution in [-0.4, -0.2) is 5.81 Å². The molecule has 0 saturated heterocycles. The van der Waals surface area contributed by atoms with Crippen LogP contribution < -0.4 is 4.43 Å². The summed E-state index contributed by atoms with van der Waals surface area (Å²) in [5, 5.41) is 0. The Hall–Kier alpha value is -0.0331. The van der Waals surface area contributed by atoms with Crippen LogP contribution in [0.1, 0.15) is 90.9 Å². The number of unbranched alkanes of at least 4 members (excludes halogenated alkanes) is 10. The molecule has 0 saturated carbocycles. The fourth-order valence-corrected chi connectivity index (χ4v) is 8.89. The van der Waals surface area contributed by atoms with Gasteiger partial charge in [0.25, 0.3) is 0 Å². The van der Waals surface area contributed by atoms with Crippen LogP contribution in [0, 0.1) is 0 Å². The number of para-hydroxylation sites is 1. The fraction of sp³-hybridized carbons (Fsp3) is 0.727. The molecule has 0 N–H and O–H groups in total. The molecule has 0 heterocycles. The van der Waals surface area contributed by atoms with E-state index >= 15 is 0 Å². The van der Waals surface area contributed by atoms with Gasteiger partial charge in [-0.05, 0) is 24.2 Å². The van der Waals surface area contributed by atoms with E-state index in [-0.39, 0.29) is 0 Å². The van der Waals surface area contributed by atoms with Crippen LogP contribution in [0.5, 0.6) is 5.75 Å². The normalized spacial score (nSPS) is 11.6. The van der Waals surface area contributed by atoms with Crippen molar-refractivity contribution in [3.63, 3.8) is 0 Å². The molecule has 1 nitrogen and oxygen atoms in total. The summed E-state index contributed by atoms with van der Waals surface area (Å²) in [4.78, 5) is 0. The summed E-state index contributed by atoms with van der Waals surface area (Å²) in [5.41, 5.74) is 0. The Morgan fingerprint density at radius 1 is 0.680 bits per heavy atom. The molecular weight excluding hydrogens is 435 g/mol. The molecule has 3 heteroatoms. The maximum absolute atomic E-state index is 6.58. The second kappa shape index (κ2) is 15.1. The number of halogens is 1. The van der Waals surface area contributed by atoms with Crippen molar-refractivity contribution in [3.8, 4) is 5.75 Å². The van der Waals surface area contributed by atoms with Gasteiger partial charge in [-0.2, -0.15) is 0 Å². The van der Waals surface area contributed by atoms with E-state index in [2.05, 4.69) is 66.0 Å². The largest absolute Gasteiger partial charge is 0.534 e. The maximum Gasteiger partial charge on any atom is 0.316 e. The Kier molecular flexibility index (Phi) is 13.9. The molecule has 0 bridgehead atoms. The lowest BCUT2D eigenvalue weighted by molar-refractivity contribution is 0.536. The van der Waals surface area contributed by atoms with Crippen molar-refractivity contribution in [2.45, 2.75) is 103 Å². The van der Waals surface area contributed by atoms with Gasteiger partial charge in [0, 0.05) is 0 Å². The summed E-state index contributed by atoms with van der Waals surface area (Å²) in [6.07, 6.45) is 16.5. The summed E-state index contributed by atoms with van der Waals surface area (Å²) in [6, 6.07) is 13.1. The average Bonchev–Trinajstić information content (AvgIpc) is 2.62. The summed E-state index contributed by atoms with van der Waals surface area (Å²) < 4.78 is 6.58. The molecule has 0 unspecified atom stereocenters. The van der Waals surface area contributed by atoms with E-state index in [0.717, 1.165) is 5.75 Å². The first kappa shape index (κ1) is 23.0. The maximum atomic E-state index is 6.58. The molecule has 0 aliphatic rings. The van der Waals surface area contributed by atoms with Gasteiger partial charge in [0.2, 0.25) is 0 Å². The van der Waals surface area contributed by atoms with Crippen molar-refractivity contribution in [1.82, 2.24) is 0 Å². The molecular formula is C22H39IOSi. The van der Waals surface area contributed by atoms with Gasteiger partial charge >= 0.3 is 5.81 Å². The Balaban J connectivity index is 2.39. The monoisotopic (exact) mass is 474 g/mol. The van der Waals surface area contributed by atoms with E-state index in [1.54, 1.807) is 0 Å². The van der Waals surface area contributed by atoms with E-state index in [4.69, 9.17) is 4.43 Å². The highest BCUT2D eigenvalue weighted by atomic mass is 127. The Labute approximate surface area is 170 Å². The van der Waals surface area contributed by atoms with E-state index in [9.17, 15) is 0 Å². The van der Waals surface area contributed by atoms with Gasteiger partial charge in [-0.3, -0.25) is 0 Å². The highest BCUT2D eigenvalue weighted by Crippen LogP contribution is 2.32. The minimum Gasteiger partial charge on any atom is -0.534 e. The molecule has 144 valence electrons. The van der Waals surface area contributed by atoms with Gasteiger partial charge in [-0.15, -0.1) is 0 Å². The quantitative estimate of drug-likeness (QED) is 0.101. The van der Waals surface area contributed by atoms with Gasteiger partial charge in [-0.1, -0.05) is 131 Å². The van der Waals surface area contributed by atoms with E-state index < -0.39 is 5.81 Å². The molecule has 1 aromatic carbocycles. The van der Waals surface area contributed by atoms with Crippen molar-refractivity contribution in [2.24, 2.45) is 0 Å². The summed E-state index contributed by atoms with van der Waals surface area (Å²) >= 11 is 2.73. The molecule has 0 aromatic heterocycles. The Bertz CT molecular complexity index is 394. The summed E-state index contributed by atoms with van der Waals surface area (Å²) in [7, 11) is 0. The van der Waals surface area contributed by atoms with Gasteiger partial charge in [0.1, 0.15) is 5.75 Å². The molecule has 0 aliphatic carbocycles. The minimum atomic E-state index is -1.66. The van der Waals surface area contributed by atoms with Crippen molar-refractivity contribution in [3.05, 3.63) is 30.3 Å². The molecule has 0 fully saturated rings. The van der Waals surface area contributed by atoms with Crippen molar-refractivity contribution >= 4 is 27.6 Å². The third kappa shape index (κ3) is 12.1. The Morgan fingerprint density at radius 3 is 1.60 bits per heavy atom. The molecule has 1 rings (SSSR count). The molecule has 0 amide bonds. The molecule has 1 aromatic rings. The number of hydrogen-bond acceptors (Lipinski definition) is 1. The number of hydrogen-bond donors (Lipinski definition) is 0.